The topological polar surface area (TPSA) is 63.6 Å². The molecule has 0 saturated carbocycles. The maximum absolute atomic E-state index is 10.4. The van der Waals surface area contributed by atoms with E-state index >= 15 is 0 Å². The Morgan fingerprint density at radius 1 is 1.60 bits per heavy atom. The number of carbonyl (C=O) groups excluding carboxylic acids is 3. The molecule has 0 aromatic heterocycles. The first-order valence-corrected chi connectivity index (χ1v) is 2.45. The van der Waals surface area contributed by atoms with E-state index in [0.717, 1.165) is 12.2 Å². The number of hydrogen-bond donors (Lipinski definition) is 0. The van der Waals surface area contributed by atoms with Gasteiger partial charge in [-0.1, -0.05) is 6.58 Å². The van der Waals surface area contributed by atoms with Crippen molar-refractivity contribution >= 4 is 17.6 Å². The predicted molar refractivity (Wildman–Crippen MR) is 33.2 cm³/mol. The molecular formula is C6H5NO3. The van der Waals surface area contributed by atoms with Gasteiger partial charge in [0.05, 0.1) is 0 Å². The van der Waals surface area contributed by atoms with E-state index in [1.54, 1.807) is 0 Å². The van der Waals surface area contributed by atoms with Gasteiger partial charge in [-0.25, -0.2) is 4.79 Å². The highest BCUT2D eigenvalue weighted by molar-refractivity contribution is 6.42. The van der Waals surface area contributed by atoms with Crippen LogP contribution in [0.2, 0.25) is 0 Å². The summed E-state index contributed by atoms with van der Waals surface area (Å²) in [5.74, 6) is -1.49. The maximum Gasteiger partial charge on any atom is 0.235 e. The summed E-state index contributed by atoms with van der Waals surface area (Å²) < 4.78 is 0. The SMILES string of the molecule is C=CC(=O)C(=O)CN=C=O. The second kappa shape index (κ2) is 4.35. The summed E-state index contributed by atoms with van der Waals surface area (Å²) in [6.07, 6.45) is 2.02. The average molecular weight is 139 g/mol. The molecule has 0 amide bonds. The Morgan fingerprint density at radius 3 is 2.60 bits per heavy atom. The minimum absolute atomic E-state index is 0.436. The van der Waals surface area contributed by atoms with Crippen LogP contribution in [-0.2, 0) is 14.4 Å². The van der Waals surface area contributed by atoms with Crippen molar-refractivity contribution in [1.29, 1.82) is 0 Å². The van der Waals surface area contributed by atoms with E-state index in [0.29, 0.717) is 0 Å². The number of ketones is 2. The predicted octanol–water partition coefficient (Wildman–Crippen LogP) is -0.354. The third-order valence-corrected chi connectivity index (χ3v) is 0.747. The second-order valence-electron chi connectivity index (χ2n) is 1.40. The molecule has 0 atom stereocenters. The van der Waals surface area contributed by atoms with Gasteiger partial charge in [0.2, 0.25) is 17.6 Å². The van der Waals surface area contributed by atoms with Crippen molar-refractivity contribution in [2.24, 2.45) is 4.99 Å². The summed E-state index contributed by atoms with van der Waals surface area (Å²) in [7, 11) is 0. The number of nitrogens with zero attached hydrogens (tertiary/aromatic N) is 1. The van der Waals surface area contributed by atoms with Gasteiger partial charge in [-0.3, -0.25) is 9.59 Å². The summed E-state index contributed by atoms with van der Waals surface area (Å²) in [4.78, 5) is 33.2. The van der Waals surface area contributed by atoms with Crippen molar-refractivity contribution in [2.45, 2.75) is 0 Å². The lowest BCUT2D eigenvalue weighted by Gasteiger charge is -1.84. The zero-order valence-electron chi connectivity index (χ0n) is 5.16. The highest BCUT2D eigenvalue weighted by Gasteiger charge is 2.06. The van der Waals surface area contributed by atoms with Crippen LogP contribution in [0.1, 0.15) is 0 Å². The van der Waals surface area contributed by atoms with Crippen molar-refractivity contribution in [3.8, 4) is 0 Å². The van der Waals surface area contributed by atoms with Gasteiger partial charge in [-0.15, -0.1) is 0 Å². The fourth-order valence-electron chi connectivity index (χ4n) is 0.296. The van der Waals surface area contributed by atoms with Crippen molar-refractivity contribution in [3.63, 3.8) is 0 Å². The van der Waals surface area contributed by atoms with Crippen LogP contribution >= 0.6 is 0 Å². The third kappa shape index (κ3) is 2.69. The van der Waals surface area contributed by atoms with Crippen LogP contribution in [0.3, 0.4) is 0 Å². The minimum Gasteiger partial charge on any atom is -0.288 e. The summed E-state index contributed by atoms with van der Waals surface area (Å²) in [5.41, 5.74) is 0. The Bertz CT molecular complexity index is 213. The molecule has 0 spiro atoms. The molecule has 0 aliphatic carbocycles. The van der Waals surface area contributed by atoms with Crippen molar-refractivity contribution in [1.82, 2.24) is 0 Å². The van der Waals surface area contributed by atoms with Gasteiger partial charge in [0, 0.05) is 0 Å². The average Bonchev–Trinajstić information content (AvgIpc) is 1.98. The number of carbonyl (C=O) groups is 2. The fraction of sp³-hybridized carbons (Fsp3) is 0.167. The lowest BCUT2D eigenvalue weighted by molar-refractivity contribution is -0.132. The summed E-state index contributed by atoms with van der Waals surface area (Å²) in [6.45, 7) is 2.64. The largest absolute Gasteiger partial charge is 0.288 e. The first-order chi connectivity index (χ1) is 4.72. The summed E-state index contributed by atoms with van der Waals surface area (Å²) in [5, 5.41) is 0. The zero-order chi connectivity index (χ0) is 7.98. The zero-order valence-corrected chi connectivity index (χ0v) is 5.16. The Labute approximate surface area is 57.3 Å². The lowest BCUT2D eigenvalue weighted by Crippen LogP contribution is -2.13. The molecule has 0 heterocycles. The van der Waals surface area contributed by atoms with Gasteiger partial charge >= 0.3 is 0 Å². The Hall–Kier alpha value is -1.54. The Kier molecular flexibility index (Phi) is 3.68. The second-order valence-corrected chi connectivity index (χ2v) is 1.40. The number of isocyanates is 1. The molecule has 10 heavy (non-hydrogen) atoms. The normalized spacial score (nSPS) is 7.60. The van der Waals surface area contributed by atoms with E-state index in [1.165, 1.54) is 0 Å². The molecule has 4 nitrogen and oxygen atoms in total. The molecule has 0 N–H and O–H groups in total. The first kappa shape index (κ1) is 8.46. The van der Waals surface area contributed by atoms with Gasteiger partial charge < -0.3 is 0 Å². The van der Waals surface area contributed by atoms with Crippen LogP contribution < -0.4 is 0 Å². The number of hydrogen-bond acceptors (Lipinski definition) is 4. The van der Waals surface area contributed by atoms with Gasteiger partial charge in [-0.05, 0) is 6.08 Å². The first-order valence-electron chi connectivity index (χ1n) is 2.45. The van der Waals surface area contributed by atoms with Crippen LogP contribution in [-0.4, -0.2) is 24.2 Å². The fourth-order valence-corrected chi connectivity index (χ4v) is 0.296. The molecule has 0 bridgehead atoms. The van der Waals surface area contributed by atoms with Crippen molar-refractivity contribution in [3.05, 3.63) is 12.7 Å². The molecule has 0 aromatic carbocycles. The van der Waals surface area contributed by atoms with E-state index in [1.807, 2.05) is 0 Å². The molecule has 0 aliphatic heterocycles. The molecule has 0 saturated heterocycles. The number of Topliss-reactive ketones (excluding diaryl/α,β-unsaturated/α-hetero) is 1. The van der Waals surface area contributed by atoms with E-state index < -0.39 is 18.1 Å². The molecule has 0 radical (unpaired) electrons. The third-order valence-electron chi connectivity index (χ3n) is 0.747. The molecular weight excluding hydrogens is 134 g/mol. The van der Waals surface area contributed by atoms with E-state index in [2.05, 4.69) is 11.6 Å². The quantitative estimate of drug-likeness (QED) is 0.231. The van der Waals surface area contributed by atoms with Gasteiger partial charge in [-0.2, -0.15) is 4.99 Å². The molecule has 0 rings (SSSR count). The number of rotatable bonds is 4. The molecule has 52 valence electrons. The van der Waals surface area contributed by atoms with Crippen LogP contribution in [0.4, 0.5) is 0 Å². The Balaban J connectivity index is 3.97. The van der Waals surface area contributed by atoms with Crippen LogP contribution in [0.15, 0.2) is 17.6 Å². The van der Waals surface area contributed by atoms with Crippen LogP contribution in [0, 0.1) is 0 Å². The van der Waals surface area contributed by atoms with E-state index in [-0.39, 0.29) is 0 Å². The van der Waals surface area contributed by atoms with Crippen molar-refractivity contribution < 1.29 is 14.4 Å². The van der Waals surface area contributed by atoms with Crippen molar-refractivity contribution in [2.75, 3.05) is 6.54 Å². The molecule has 0 fully saturated rings. The molecule has 0 aromatic rings. The highest BCUT2D eigenvalue weighted by Crippen LogP contribution is 1.78. The minimum atomic E-state index is -0.752. The van der Waals surface area contributed by atoms with Gasteiger partial charge in [0.15, 0.2) is 0 Å². The highest BCUT2D eigenvalue weighted by atomic mass is 16.2. The monoisotopic (exact) mass is 139 g/mol. The summed E-state index contributed by atoms with van der Waals surface area (Å²) in [6, 6.07) is 0. The van der Waals surface area contributed by atoms with Crippen LogP contribution in [0.5, 0.6) is 0 Å². The lowest BCUT2D eigenvalue weighted by atomic mass is 10.2. The van der Waals surface area contributed by atoms with E-state index in [9.17, 15) is 14.4 Å². The molecule has 0 aliphatic rings. The molecule has 0 unspecified atom stereocenters. The number of allylic oxidation sites excluding steroid dienone is 1. The van der Waals surface area contributed by atoms with Gasteiger partial charge in [0.1, 0.15) is 6.54 Å². The summed E-state index contributed by atoms with van der Waals surface area (Å²) >= 11 is 0. The standard InChI is InChI=1S/C6H5NO3/c1-2-5(9)6(10)3-7-4-8/h2H,1,3H2. The van der Waals surface area contributed by atoms with Gasteiger partial charge in [0.25, 0.3) is 0 Å². The maximum atomic E-state index is 10.4. The smallest absolute Gasteiger partial charge is 0.235 e. The number of aliphatic imine (C=N–C) groups is 1. The van der Waals surface area contributed by atoms with E-state index in [4.69, 9.17) is 0 Å². The molecule has 4 heteroatoms. The van der Waals surface area contributed by atoms with Crippen LogP contribution in [0.25, 0.3) is 0 Å². The Morgan fingerprint density at radius 2 is 2.20 bits per heavy atom.